The van der Waals surface area contributed by atoms with Crippen molar-refractivity contribution >= 4 is 0 Å². The minimum Gasteiger partial charge on any atom is -0.290 e. The van der Waals surface area contributed by atoms with Gasteiger partial charge in [0.15, 0.2) is 5.75 Å². The van der Waals surface area contributed by atoms with E-state index in [0.29, 0.717) is 0 Å². The lowest BCUT2D eigenvalue weighted by Crippen LogP contribution is -1.88. The number of hydrogen-bond acceptors (Lipinski definition) is 0. The average Bonchev–Trinajstić information content (AvgIpc) is 2.12. The van der Waals surface area contributed by atoms with Crippen LogP contribution in [-0.4, -0.2) is 0 Å². The molecule has 0 spiro atoms. The van der Waals surface area contributed by atoms with Gasteiger partial charge in [0.25, 0.3) is 0 Å². The fraction of sp³-hybridized carbons (Fsp3) is 0.500. The average molecular weight is 177 g/mol. The van der Waals surface area contributed by atoms with E-state index < -0.39 is 0 Å². The Hall–Kier alpha value is -0.980. The van der Waals surface area contributed by atoms with Crippen molar-refractivity contribution in [2.75, 3.05) is 0 Å². The first-order valence-corrected chi connectivity index (χ1v) is 5.06. The van der Waals surface area contributed by atoms with E-state index in [2.05, 4.69) is 19.9 Å². The first-order valence-electron chi connectivity index (χ1n) is 5.06. The maximum Gasteiger partial charge on any atom is 0.181 e. The molecule has 0 aromatic heterocycles. The third-order valence-corrected chi connectivity index (χ3v) is 2.18. The molecule has 0 aliphatic heterocycles. The topological polar surface area (TPSA) is 19.9 Å². The predicted octanol–water partition coefficient (Wildman–Crippen LogP) is 3.74. The standard InChI is InChI=1S/C12H17O/c1-3-5-10-7-8-12(13)11(9-10)6-4-2/h7-9H,3-6H2,1-2H3. The lowest BCUT2D eigenvalue weighted by Gasteiger charge is -2.03. The summed E-state index contributed by atoms with van der Waals surface area (Å²) in [6, 6.07) is 5.72. The molecule has 0 aliphatic rings. The molecule has 1 radical (unpaired) electrons. The van der Waals surface area contributed by atoms with Crippen LogP contribution in [0.25, 0.3) is 0 Å². The van der Waals surface area contributed by atoms with Gasteiger partial charge in [-0.05, 0) is 30.0 Å². The molecule has 1 rings (SSSR count). The molecule has 0 atom stereocenters. The van der Waals surface area contributed by atoms with Crippen molar-refractivity contribution < 1.29 is 5.11 Å². The van der Waals surface area contributed by atoms with Crippen LogP contribution in [0.3, 0.4) is 0 Å². The van der Waals surface area contributed by atoms with Gasteiger partial charge in [-0.1, -0.05) is 38.8 Å². The zero-order chi connectivity index (χ0) is 9.68. The molecular formula is C12H17O. The van der Waals surface area contributed by atoms with E-state index in [1.54, 1.807) is 6.07 Å². The maximum absolute atomic E-state index is 11.4. The van der Waals surface area contributed by atoms with Crippen LogP contribution in [0.2, 0.25) is 0 Å². The van der Waals surface area contributed by atoms with Gasteiger partial charge in [0, 0.05) is 0 Å². The van der Waals surface area contributed by atoms with Crippen LogP contribution >= 0.6 is 0 Å². The summed E-state index contributed by atoms with van der Waals surface area (Å²) in [6.07, 6.45) is 4.18. The summed E-state index contributed by atoms with van der Waals surface area (Å²) in [4.78, 5) is 0. The number of rotatable bonds is 4. The smallest absolute Gasteiger partial charge is 0.181 e. The van der Waals surface area contributed by atoms with Gasteiger partial charge in [-0.25, -0.2) is 0 Å². The first-order chi connectivity index (χ1) is 6.27. The van der Waals surface area contributed by atoms with Gasteiger partial charge in [-0.3, -0.25) is 5.11 Å². The molecule has 0 unspecified atom stereocenters. The molecule has 0 N–H and O–H groups in total. The summed E-state index contributed by atoms with van der Waals surface area (Å²) >= 11 is 0. The van der Waals surface area contributed by atoms with Crippen molar-refractivity contribution in [1.82, 2.24) is 0 Å². The minimum atomic E-state index is 0.196. The quantitative estimate of drug-likeness (QED) is 0.667. The van der Waals surface area contributed by atoms with Crippen molar-refractivity contribution in [1.29, 1.82) is 0 Å². The maximum atomic E-state index is 11.4. The van der Waals surface area contributed by atoms with Crippen LogP contribution in [-0.2, 0) is 17.9 Å². The second-order valence-electron chi connectivity index (χ2n) is 3.44. The second-order valence-corrected chi connectivity index (χ2v) is 3.44. The number of benzene rings is 1. The third kappa shape index (κ3) is 2.76. The summed E-state index contributed by atoms with van der Waals surface area (Å²) < 4.78 is 0. The normalized spacial score (nSPS) is 10.3. The van der Waals surface area contributed by atoms with Crippen LogP contribution in [0.15, 0.2) is 18.2 Å². The molecular weight excluding hydrogens is 160 g/mol. The van der Waals surface area contributed by atoms with Crippen LogP contribution < -0.4 is 0 Å². The Kier molecular flexibility index (Phi) is 3.81. The number of aryl methyl sites for hydroxylation is 2. The monoisotopic (exact) mass is 177 g/mol. The molecule has 1 heteroatoms. The van der Waals surface area contributed by atoms with Gasteiger partial charge in [-0.2, -0.15) is 0 Å². The Morgan fingerprint density at radius 3 is 2.38 bits per heavy atom. The predicted molar refractivity (Wildman–Crippen MR) is 54.6 cm³/mol. The van der Waals surface area contributed by atoms with Crippen LogP contribution in [0.5, 0.6) is 5.75 Å². The number of hydrogen-bond donors (Lipinski definition) is 0. The third-order valence-electron chi connectivity index (χ3n) is 2.18. The molecule has 13 heavy (non-hydrogen) atoms. The fourth-order valence-electron chi connectivity index (χ4n) is 1.54. The fourth-order valence-corrected chi connectivity index (χ4v) is 1.54. The van der Waals surface area contributed by atoms with Crippen LogP contribution in [0.4, 0.5) is 0 Å². The van der Waals surface area contributed by atoms with Gasteiger partial charge >= 0.3 is 0 Å². The van der Waals surface area contributed by atoms with Gasteiger partial charge < -0.3 is 0 Å². The highest BCUT2D eigenvalue weighted by Crippen LogP contribution is 2.21. The molecule has 0 fully saturated rings. The SMILES string of the molecule is CCCc1ccc([O])c(CCC)c1. The van der Waals surface area contributed by atoms with E-state index in [4.69, 9.17) is 0 Å². The van der Waals surface area contributed by atoms with Crippen molar-refractivity contribution in [3.05, 3.63) is 29.3 Å². The Balaban J connectivity index is 2.83. The lowest BCUT2D eigenvalue weighted by atomic mass is 10.0. The van der Waals surface area contributed by atoms with Crippen molar-refractivity contribution in [2.45, 2.75) is 39.5 Å². The van der Waals surface area contributed by atoms with Crippen molar-refractivity contribution in [3.63, 3.8) is 0 Å². The van der Waals surface area contributed by atoms with Crippen molar-refractivity contribution in [3.8, 4) is 5.75 Å². The largest absolute Gasteiger partial charge is 0.290 e. The first kappa shape index (κ1) is 10.1. The highest BCUT2D eigenvalue weighted by Gasteiger charge is 2.02. The zero-order valence-electron chi connectivity index (χ0n) is 8.47. The summed E-state index contributed by atoms with van der Waals surface area (Å²) in [5, 5.41) is 11.4. The van der Waals surface area contributed by atoms with Crippen LogP contribution in [0.1, 0.15) is 37.8 Å². The second kappa shape index (κ2) is 4.90. The van der Waals surface area contributed by atoms with E-state index in [-0.39, 0.29) is 5.75 Å². The van der Waals surface area contributed by atoms with Gasteiger partial charge in [-0.15, -0.1) is 0 Å². The molecule has 0 heterocycles. The van der Waals surface area contributed by atoms with E-state index in [0.717, 1.165) is 31.2 Å². The van der Waals surface area contributed by atoms with E-state index in [1.807, 2.05) is 6.07 Å². The van der Waals surface area contributed by atoms with Gasteiger partial charge in [0.1, 0.15) is 0 Å². The summed E-state index contributed by atoms with van der Waals surface area (Å²) in [7, 11) is 0. The Morgan fingerprint density at radius 1 is 1.08 bits per heavy atom. The Bertz CT molecular complexity index is 266. The Labute approximate surface area is 80.4 Å². The molecule has 0 aliphatic carbocycles. The Morgan fingerprint density at radius 2 is 1.77 bits per heavy atom. The molecule has 1 aromatic rings. The summed E-state index contributed by atoms with van der Waals surface area (Å²) in [5.41, 5.74) is 2.28. The molecule has 0 saturated carbocycles. The molecule has 1 aromatic carbocycles. The summed E-state index contributed by atoms with van der Waals surface area (Å²) in [5.74, 6) is 0.196. The van der Waals surface area contributed by atoms with Crippen molar-refractivity contribution in [2.24, 2.45) is 0 Å². The van der Waals surface area contributed by atoms with Gasteiger partial charge in [0.2, 0.25) is 0 Å². The molecule has 0 saturated heterocycles. The van der Waals surface area contributed by atoms with E-state index >= 15 is 0 Å². The highest BCUT2D eigenvalue weighted by atomic mass is 16.3. The molecule has 0 bridgehead atoms. The molecule has 1 nitrogen and oxygen atoms in total. The van der Waals surface area contributed by atoms with Crippen LogP contribution in [0, 0.1) is 0 Å². The molecule has 71 valence electrons. The van der Waals surface area contributed by atoms with E-state index in [9.17, 15) is 5.11 Å². The van der Waals surface area contributed by atoms with Gasteiger partial charge in [0.05, 0.1) is 0 Å². The lowest BCUT2D eigenvalue weighted by molar-refractivity contribution is 0.349. The minimum absolute atomic E-state index is 0.196. The highest BCUT2D eigenvalue weighted by molar-refractivity contribution is 5.36. The molecule has 0 amide bonds. The zero-order valence-corrected chi connectivity index (χ0v) is 8.47. The summed E-state index contributed by atoms with van der Waals surface area (Å²) in [6.45, 7) is 4.26. The van der Waals surface area contributed by atoms with E-state index in [1.165, 1.54) is 5.56 Å².